The number of rotatable bonds is 4. The molecular formula is C26H36N8O. The first-order valence-corrected chi connectivity index (χ1v) is 13.3. The van der Waals surface area contributed by atoms with E-state index in [9.17, 15) is 4.79 Å². The molecule has 5 heterocycles. The number of aromatic amines is 1. The van der Waals surface area contributed by atoms with E-state index >= 15 is 0 Å². The van der Waals surface area contributed by atoms with Gasteiger partial charge in [0.15, 0.2) is 5.65 Å². The van der Waals surface area contributed by atoms with Crippen LogP contribution in [0.4, 0.5) is 5.82 Å². The van der Waals surface area contributed by atoms with Crippen LogP contribution >= 0.6 is 0 Å². The van der Waals surface area contributed by atoms with E-state index in [1.165, 1.54) is 19.3 Å². The zero-order chi connectivity index (χ0) is 23.9. The third-order valence-corrected chi connectivity index (χ3v) is 8.17. The lowest BCUT2D eigenvalue weighted by molar-refractivity contribution is 0.0603. The molecule has 0 spiro atoms. The number of carbonyl (C=O) groups is 1. The Morgan fingerprint density at radius 3 is 2.71 bits per heavy atom. The lowest BCUT2D eigenvalue weighted by atomic mass is 9.85. The minimum Gasteiger partial charge on any atom is -0.355 e. The van der Waals surface area contributed by atoms with E-state index < -0.39 is 0 Å². The molecule has 2 saturated heterocycles. The maximum atomic E-state index is 13.8. The number of piperidine rings is 1. The molecule has 0 aromatic carbocycles. The van der Waals surface area contributed by atoms with Gasteiger partial charge in [-0.3, -0.25) is 9.89 Å². The van der Waals surface area contributed by atoms with Gasteiger partial charge in [0.05, 0.1) is 29.2 Å². The van der Waals surface area contributed by atoms with Crippen molar-refractivity contribution in [1.29, 1.82) is 0 Å². The number of nitrogens with one attached hydrogen (secondary N) is 1. The van der Waals surface area contributed by atoms with E-state index in [0.717, 1.165) is 92.1 Å². The smallest absolute Gasteiger partial charge is 0.257 e. The molecule has 1 amide bonds. The first kappa shape index (κ1) is 22.5. The van der Waals surface area contributed by atoms with Crippen LogP contribution in [0.3, 0.4) is 0 Å². The van der Waals surface area contributed by atoms with Crippen LogP contribution in [0.1, 0.15) is 97.1 Å². The number of aryl methyl sites for hydroxylation is 1. The van der Waals surface area contributed by atoms with Crippen molar-refractivity contribution >= 4 is 17.4 Å². The number of fused-ring (bicyclic) bond motifs is 1. The van der Waals surface area contributed by atoms with Gasteiger partial charge in [0.1, 0.15) is 5.82 Å². The second-order valence-electron chi connectivity index (χ2n) is 10.7. The molecule has 0 unspecified atom stereocenters. The molecule has 1 saturated carbocycles. The SMILES string of the molecule is Cc1cn2nc([C@@H]3CCCCN3C(=O)c3cn[nH]c3C3CCCCC3)cc2nc1N1CC[C@H](N)C1. The molecule has 3 N–H and O–H groups in total. The van der Waals surface area contributed by atoms with Crippen LogP contribution in [0.2, 0.25) is 0 Å². The van der Waals surface area contributed by atoms with E-state index in [0.29, 0.717) is 5.92 Å². The molecule has 6 rings (SSSR count). The second-order valence-corrected chi connectivity index (χ2v) is 10.7. The summed E-state index contributed by atoms with van der Waals surface area (Å²) in [6, 6.07) is 2.22. The fourth-order valence-electron chi connectivity index (χ4n) is 6.29. The standard InChI is InChI=1S/C26H36N8O/c1-17-15-34-23(29-25(17)32-12-10-19(27)16-32)13-21(31-34)22-9-5-6-11-33(22)26(35)20-14-28-30-24(20)18-7-3-2-4-8-18/h13-15,18-19,22H,2-12,16,27H2,1H3,(H,28,30)/t19-,22-/m0/s1. The fourth-order valence-corrected chi connectivity index (χ4v) is 6.29. The number of hydrogen-bond donors (Lipinski definition) is 2. The Kier molecular flexibility index (Phi) is 5.96. The number of H-pyrrole nitrogens is 1. The number of amides is 1. The zero-order valence-corrected chi connectivity index (χ0v) is 20.6. The number of anilines is 1. The van der Waals surface area contributed by atoms with Crippen LogP contribution in [0.25, 0.3) is 5.65 Å². The van der Waals surface area contributed by atoms with Gasteiger partial charge in [-0.25, -0.2) is 9.50 Å². The Labute approximate surface area is 206 Å². The number of nitrogens with two attached hydrogens (primary N) is 1. The maximum Gasteiger partial charge on any atom is 0.257 e. The molecule has 0 bridgehead atoms. The van der Waals surface area contributed by atoms with Crippen LogP contribution in [0.15, 0.2) is 18.5 Å². The van der Waals surface area contributed by atoms with Gasteiger partial charge < -0.3 is 15.5 Å². The molecule has 9 heteroatoms. The number of nitrogens with zero attached hydrogens (tertiary/aromatic N) is 6. The molecule has 35 heavy (non-hydrogen) atoms. The van der Waals surface area contributed by atoms with Crippen molar-refractivity contribution in [3.8, 4) is 0 Å². The van der Waals surface area contributed by atoms with Gasteiger partial charge in [0.2, 0.25) is 0 Å². The Hall–Kier alpha value is -2.94. The fraction of sp³-hybridized carbons (Fsp3) is 0.615. The van der Waals surface area contributed by atoms with Crippen molar-refractivity contribution in [2.75, 3.05) is 24.5 Å². The Morgan fingerprint density at radius 2 is 1.91 bits per heavy atom. The van der Waals surface area contributed by atoms with E-state index in [4.69, 9.17) is 15.8 Å². The number of likely N-dealkylation sites (tertiary alicyclic amines) is 1. The Morgan fingerprint density at radius 1 is 1.09 bits per heavy atom. The van der Waals surface area contributed by atoms with E-state index in [1.54, 1.807) is 6.20 Å². The summed E-state index contributed by atoms with van der Waals surface area (Å²) in [6.07, 6.45) is 13.8. The Balaban J connectivity index is 1.29. The van der Waals surface area contributed by atoms with Gasteiger partial charge in [-0.1, -0.05) is 19.3 Å². The van der Waals surface area contributed by atoms with Crippen LogP contribution < -0.4 is 10.6 Å². The summed E-state index contributed by atoms with van der Waals surface area (Å²) in [5.41, 5.74) is 10.7. The predicted octanol–water partition coefficient (Wildman–Crippen LogP) is 3.71. The van der Waals surface area contributed by atoms with Crippen LogP contribution in [0, 0.1) is 6.92 Å². The molecule has 3 aromatic heterocycles. The van der Waals surface area contributed by atoms with Gasteiger partial charge in [0, 0.05) is 49.4 Å². The highest BCUT2D eigenvalue weighted by Crippen LogP contribution is 2.36. The van der Waals surface area contributed by atoms with Crippen molar-refractivity contribution in [1.82, 2.24) is 29.7 Å². The van der Waals surface area contributed by atoms with Crippen molar-refractivity contribution < 1.29 is 4.79 Å². The highest BCUT2D eigenvalue weighted by Gasteiger charge is 2.34. The molecule has 186 valence electrons. The molecule has 3 aromatic rings. The highest BCUT2D eigenvalue weighted by molar-refractivity contribution is 5.95. The lowest BCUT2D eigenvalue weighted by Crippen LogP contribution is -2.39. The van der Waals surface area contributed by atoms with Gasteiger partial charge in [-0.2, -0.15) is 10.2 Å². The minimum atomic E-state index is -0.0454. The lowest BCUT2D eigenvalue weighted by Gasteiger charge is -2.35. The zero-order valence-electron chi connectivity index (χ0n) is 20.6. The van der Waals surface area contributed by atoms with Crippen LogP contribution in [-0.2, 0) is 0 Å². The van der Waals surface area contributed by atoms with Crippen LogP contribution in [0.5, 0.6) is 0 Å². The monoisotopic (exact) mass is 476 g/mol. The summed E-state index contributed by atoms with van der Waals surface area (Å²) in [5.74, 6) is 1.48. The number of carbonyl (C=O) groups excluding carboxylic acids is 1. The summed E-state index contributed by atoms with van der Waals surface area (Å²) in [4.78, 5) is 23.1. The third-order valence-electron chi connectivity index (χ3n) is 8.17. The normalized spacial score (nSPS) is 23.9. The van der Waals surface area contributed by atoms with Crippen molar-refractivity contribution in [3.63, 3.8) is 0 Å². The number of hydrogen-bond acceptors (Lipinski definition) is 6. The summed E-state index contributed by atoms with van der Waals surface area (Å²) in [5, 5.41) is 12.4. The summed E-state index contributed by atoms with van der Waals surface area (Å²) < 4.78 is 1.87. The quantitative estimate of drug-likeness (QED) is 0.594. The van der Waals surface area contributed by atoms with E-state index in [1.807, 2.05) is 9.42 Å². The molecule has 9 nitrogen and oxygen atoms in total. The molecular weight excluding hydrogens is 440 g/mol. The summed E-state index contributed by atoms with van der Waals surface area (Å²) >= 11 is 0. The van der Waals surface area contributed by atoms with Crippen molar-refractivity contribution in [2.24, 2.45) is 5.73 Å². The molecule has 0 radical (unpaired) electrons. The number of aromatic nitrogens is 5. The average molecular weight is 477 g/mol. The van der Waals surface area contributed by atoms with Gasteiger partial charge in [-0.05, 0) is 45.4 Å². The largest absolute Gasteiger partial charge is 0.355 e. The minimum absolute atomic E-state index is 0.0454. The third kappa shape index (κ3) is 4.20. The second kappa shape index (κ2) is 9.26. The van der Waals surface area contributed by atoms with Gasteiger partial charge >= 0.3 is 0 Å². The first-order chi connectivity index (χ1) is 17.1. The first-order valence-electron chi connectivity index (χ1n) is 13.3. The molecule has 2 atom stereocenters. The predicted molar refractivity (Wildman–Crippen MR) is 135 cm³/mol. The van der Waals surface area contributed by atoms with Crippen LogP contribution in [-0.4, -0.2) is 61.3 Å². The molecule has 2 aliphatic heterocycles. The van der Waals surface area contributed by atoms with Gasteiger partial charge in [-0.15, -0.1) is 0 Å². The van der Waals surface area contributed by atoms with Crippen molar-refractivity contribution in [2.45, 2.75) is 82.7 Å². The van der Waals surface area contributed by atoms with E-state index in [-0.39, 0.29) is 18.0 Å². The van der Waals surface area contributed by atoms with E-state index in [2.05, 4.69) is 34.3 Å². The molecule has 3 fully saturated rings. The topological polar surface area (TPSA) is 108 Å². The highest BCUT2D eigenvalue weighted by atomic mass is 16.2. The van der Waals surface area contributed by atoms with Crippen molar-refractivity contribution in [3.05, 3.63) is 41.0 Å². The summed E-state index contributed by atoms with van der Waals surface area (Å²) in [6.45, 7) is 4.60. The van der Waals surface area contributed by atoms with Gasteiger partial charge in [0.25, 0.3) is 5.91 Å². The molecule has 3 aliphatic rings. The average Bonchev–Trinajstić information content (AvgIpc) is 3.63. The maximum absolute atomic E-state index is 13.8. The summed E-state index contributed by atoms with van der Waals surface area (Å²) in [7, 11) is 0. The molecule has 1 aliphatic carbocycles. The Bertz CT molecular complexity index is 1210.